The number of nitrogens with two attached hydrogens (primary N) is 1. The van der Waals surface area contributed by atoms with Crippen LogP contribution < -0.4 is 16.2 Å². The third kappa shape index (κ3) is 4.76. The van der Waals surface area contributed by atoms with E-state index in [9.17, 15) is 0 Å². The van der Waals surface area contributed by atoms with Crippen LogP contribution in [0.1, 0.15) is 5.56 Å². The van der Waals surface area contributed by atoms with Gasteiger partial charge in [0.1, 0.15) is 0 Å². The van der Waals surface area contributed by atoms with Crippen LogP contribution in [0.2, 0.25) is 0 Å². The molecule has 0 amide bonds. The Bertz CT molecular complexity index is 421. The van der Waals surface area contributed by atoms with Gasteiger partial charge in [-0.05, 0) is 36.0 Å². The number of aliphatic imine (C=N–C) groups is 1. The summed E-state index contributed by atoms with van der Waals surface area (Å²) >= 11 is 4.76. The van der Waals surface area contributed by atoms with E-state index in [0.29, 0.717) is 0 Å². The van der Waals surface area contributed by atoms with Crippen LogP contribution in [0.15, 0.2) is 35.3 Å². The number of nitrogens with one attached hydrogen (secondary N) is 1. The van der Waals surface area contributed by atoms with Crippen LogP contribution in [0.3, 0.4) is 0 Å². The molecule has 0 aliphatic rings. The average Bonchev–Trinajstić information content (AvgIpc) is 2.34. The summed E-state index contributed by atoms with van der Waals surface area (Å²) in [6.45, 7) is 0. The highest BCUT2D eigenvalue weighted by Crippen LogP contribution is 2.12. The molecular weight excluding hydrogens is 232 g/mol. The van der Waals surface area contributed by atoms with Gasteiger partial charge in [-0.25, -0.2) is 10.8 Å². The van der Waals surface area contributed by atoms with Gasteiger partial charge in [0.05, 0.1) is 0 Å². The monoisotopic (exact) mass is 248 g/mol. The summed E-state index contributed by atoms with van der Waals surface area (Å²) in [5.74, 6) is 5.08. The van der Waals surface area contributed by atoms with E-state index in [4.69, 9.17) is 18.1 Å². The van der Waals surface area contributed by atoms with Crippen molar-refractivity contribution in [1.29, 1.82) is 0 Å². The van der Waals surface area contributed by atoms with Crippen molar-refractivity contribution in [3.8, 4) is 0 Å². The number of rotatable bonds is 3. The molecule has 3 N–H and O–H groups in total. The second-order valence-electron chi connectivity index (χ2n) is 3.57. The lowest BCUT2D eigenvalue weighted by molar-refractivity contribution is 1.04. The number of anilines is 1. The van der Waals surface area contributed by atoms with Crippen LogP contribution >= 0.6 is 12.2 Å². The van der Waals surface area contributed by atoms with Crippen LogP contribution in [0, 0.1) is 0 Å². The average molecular weight is 248 g/mol. The van der Waals surface area contributed by atoms with Gasteiger partial charge in [-0.2, -0.15) is 0 Å². The van der Waals surface area contributed by atoms with Crippen molar-refractivity contribution in [3.05, 3.63) is 35.9 Å². The molecule has 1 aromatic rings. The molecule has 0 aliphatic carbocycles. The smallest absolute Gasteiger partial charge is 0.207 e. The Hall–Kier alpha value is -1.72. The molecule has 0 bridgehead atoms. The van der Waals surface area contributed by atoms with E-state index in [1.807, 2.05) is 38.4 Å². The number of nitrogens with zero attached hydrogens (tertiary/aromatic N) is 2. The van der Waals surface area contributed by atoms with Crippen LogP contribution in [0.25, 0.3) is 6.08 Å². The number of hydrazine groups is 1. The molecule has 0 aromatic heterocycles. The summed E-state index contributed by atoms with van der Waals surface area (Å²) in [7, 11) is 4.02. The van der Waals surface area contributed by atoms with E-state index >= 15 is 0 Å². The second kappa shape index (κ2) is 6.78. The Morgan fingerprint density at radius 3 is 2.53 bits per heavy atom. The predicted molar refractivity (Wildman–Crippen MR) is 78.2 cm³/mol. The maximum atomic E-state index is 5.08. The van der Waals surface area contributed by atoms with Crippen molar-refractivity contribution in [2.45, 2.75) is 0 Å². The van der Waals surface area contributed by atoms with Gasteiger partial charge in [-0.3, -0.25) is 5.43 Å². The molecule has 90 valence electrons. The summed E-state index contributed by atoms with van der Waals surface area (Å²) in [5.41, 5.74) is 4.55. The highest BCUT2D eigenvalue weighted by atomic mass is 32.1. The third-order valence-electron chi connectivity index (χ3n) is 2.10. The van der Waals surface area contributed by atoms with Gasteiger partial charge in [-0.15, -0.1) is 0 Å². The lowest BCUT2D eigenvalue weighted by Crippen LogP contribution is -2.26. The molecule has 5 heteroatoms. The van der Waals surface area contributed by atoms with Crippen molar-refractivity contribution in [1.82, 2.24) is 5.43 Å². The summed E-state index contributed by atoms with van der Waals surface area (Å²) < 4.78 is 0. The fourth-order valence-corrected chi connectivity index (χ4v) is 1.25. The Kier molecular flexibility index (Phi) is 5.32. The van der Waals surface area contributed by atoms with Crippen molar-refractivity contribution in [2.75, 3.05) is 19.0 Å². The Morgan fingerprint density at radius 2 is 2.00 bits per heavy atom. The summed E-state index contributed by atoms with van der Waals surface area (Å²) in [4.78, 5) is 5.93. The van der Waals surface area contributed by atoms with Crippen LogP contribution in [0.5, 0.6) is 0 Å². The Labute approximate surface area is 107 Å². The summed E-state index contributed by atoms with van der Waals surface area (Å²) in [6, 6.07) is 8.20. The highest BCUT2D eigenvalue weighted by Gasteiger charge is 1.92. The number of hydrogen-bond donors (Lipinski definition) is 2. The van der Waals surface area contributed by atoms with Gasteiger partial charge >= 0.3 is 0 Å². The predicted octanol–water partition coefficient (Wildman–Crippen LogP) is 1.58. The Balaban J connectivity index is 2.60. The largest absolute Gasteiger partial charge is 0.378 e. The maximum absolute atomic E-state index is 5.08. The van der Waals surface area contributed by atoms with E-state index in [-0.39, 0.29) is 5.11 Å². The minimum Gasteiger partial charge on any atom is -0.378 e. The molecule has 0 heterocycles. The van der Waals surface area contributed by atoms with E-state index < -0.39 is 0 Å². The maximum Gasteiger partial charge on any atom is 0.207 e. The molecule has 0 saturated carbocycles. The van der Waals surface area contributed by atoms with Crippen LogP contribution in [-0.2, 0) is 0 Å². The minimum absolute atomic E-state index is 0.262. The first kappa shape index (κ1) is 13.3. The lowest BCUT2D eigenvalue weighted by Gasteiger charge is -2.11. The number of hydrogen-bond acceptors (Lipinski definition) is 3. The Morgan fingerprint density at radius 1 is 1.35 bits per heavy atom. The lowest BCUT2D eigenvalue weighted by atomic mass is 10.2. The molecule has 0 atom stereocenters. The normalized spacial score (nSPS) is 11.0. The van der Waals surface area contributed by atoms with Crippen molar-refractivity contribution < 1.29 is 0 Å². The van der Waals surface area contributed by atoms with Gasteiger partial charge in [0.15, 0.2) is 0 Å². The fraction of sp³-hybridized carbons (Fsp3) is 0.167. The standard InChI is InChI=1S/C12H16N4S/c1-16(2)11-7-5-10(6-8-11)4-3-9-14-12(17)15-13/h3-9H,13H2,1-2H3,(H,15,17)/b4-3+,14-9+. The zero-order valence-electron chi connectivity index (χ0n) is 9.92. The topological polar surface area (TPSA) is 53.6 Å². The van der Waals surface area contributed by atoms with Gasteiger partial charge in [0.25, 0.3) is 0 Å². The summed E-state index contributed by atoms with van der Waals surface area (Å²) in [5, 5.41) is 0.262. The molecule has 0 aliphatic heterocycles. The van der Waals surface area contributed by atoms with Crippen molar-refractivity contribution >= 4 is 35.3 Å². The molecule has 0 radical (unpaired) electrons. The molecule has 1 aromatic carbocycles. The molecular formula is C12H16N4S. The van der Waals surface area contributed by atoms with Gasteiger partial charge < -0.3 is 4.90 Å². The fourth-order valence-electron chi connectivity index (χ4n) is 1.19. The number of thiocarbonyl (C=S) groups is 1. The van der Waals surface area contributed by atoms with Crippen LogP contribution in [-0.4, -0.2) is 25.4 Å². The van der Waals surface area contributed by atoms with E-state index in [0.717, 1.165) is 5.56 Å². The zero-order chi connectivity index (χ0) is 12.7. The van der Waals surface area contributed by atoms with Crippen LogP contribution in [0.4, 0.5) is 5.69 Å². The molecule has 0 fully saturated rings. The highest BCUT2D eigenvalue weighted by molar-refractivity contribution is 7.80. The summed E-state index contributed by atoms with van der Waals surface area (Å²) in [6.07, 6.45) is 5.36. The van der Waals surface area contributed by atoms with E-state index in [2.05, 4.69) is 27.5 Å². The molecule has 4 nitrogen and oxygen atoms in total. The number of allylic oxidation sites excluding steroid dienone is 1. The van der Waals surface area contributed by atoms with E-state index in [1.54, 1.807) is 6.21 Å². The van der Waals surface area contributed by atoms with E-state index in [1.165, 1.54) is 5.69 Å². The first-order valence-electron chi connectivity index (χ1n) is 5.12. The minimum atomic E-state index is 0.262. The molecule has 1 rings (SSSR count). The van der Waals surface area contributed by atoms with Gasteiger partial charge in [-0.1, -0.05) is 18.2 Å². The van der Waals surface area contributed by atoms with Gasteiger partial charge in [0, 0.05) is 26.0 Å². The zero-order valence-corrected chi connectivity index (χ0v) is 10.7. The third-order valence-corrected chi connectivity index (χ3v) is 2.32. The van der Waals surface area contributed by atoms with Crippen molar-refractivity contribution in [2.24, 2.45) is 10.8 Å². The van der Waals surface area contributed by atoms with Gasteiger partial charge in [0.2, 0.25) is 5.11 Å². The first-order chi connectivity index (χ1) is 8.13. The second-order valence-corrected chi connectivity index (χ2v) is 3.96. The molecule has 17 heavy (non-hydrogen) atoms. The molecule has 0 unspecified atom stereocenters. The first-order valence-corrected chi connectivity index (χ1v) is 5.53. The molecule has 0 spiro atoms. The van der Waals surface area contributed by atoms with Crippen molar-refractivity contribution in [3.63, 3.8) is 0 Å². The number of benzene rings is 1. The quantitative estimate of drug-likeness (QED) is 0.369. The SMILES string of the molecule is CN(C)c1ccc(/C=C/C=N/C(=S)NN)cc1. The molecule has 0 saturated heterocycles.